The highest BCUT2D eigenvalue weighted by Crippen LogP contribution is 2.29. The number of aldehydes is 1. The van der Waals surface area contributed by atoms with E-state index in [9.17, 15) is 9.90 Å². The molecule has 0 aliphatic heterocycles. The van der Waals surface area contributed by atoms with Crippen molar-refractivity contribution in [2.24, 2.45) is 0 Å². The summed E-state index contributed by atoms with van der Waals surface area (Å²) < 4.78 is 0. The van der Waals surface area contributed by atoms with Gasteiger partial charge in [0.05, 0.1) is 0 Å². The molecule has 0 saturated heterocycles. The minimum atomic E-state index is 0.260. The number of benzene rings is 2. The van der Waals surface area contributed by atoms with Crippen LogP contribution in [-0.2, 0) is 12.8 Å². The summed E-state index contributed by atoms with van der Waals surface area (Å²) in [5, 5.41) is 9.86. The second-order valence-electron chi connectivity index (χ2n) is 5.13. The quantitative estimate of drug-likeness (QED) is 0.622. The van der Waals surface area contributed by atoms with E-state index >= 15 is 0 Å². The summed E-state index contributed by atoms with van der Waals surface area (Å²) in [5.41, 5.74) is 4.58. The molecule has 1 N–H and O–H groups in total. The average Bonchev–Trinajstić information content (AvgIpc) is 2.50. The number of aromatic hydroxyl groups is 1. The van der Waals surface area contributed by atoms with Crippen molar-refractivity contribution in [3.8, 4) is 16.9 Å². The maximum atomic E-state index is 11.3. The van der Waals surface area contributed by atoms with Crippen LogP contribution in [-0.4, -0.2) is 11.4 Å². The number of allylic oxidation sites excluding steroid dienone is 1. The summed E-state index contributed by atoms with van der Waals surface area (Å²) in [7, 11) is 0. The molecule has 2 rings (SSSR count). The molecule has 2 nitrogen and oxygen atoms in total. The van der Waals surface area contributed by atoms with Gasteiger partial charge in [0.25, 0.3) is 0 Å². The van der Waals surface area contributed by atoms with Gasteiger partial charge in [-0.15, -0.1) is 6.58 Å². The molecule has 0 unspecified atom stereocenters. The average molecular weight is 280 g/mol. The lowest BCUT2D eigenvalue weighted by Crippen LogP contribution is -1.93. The molecule has 0 amide bonds. The molecule has 21 heavy (non-hydrogen) atoms. The Morgan fingerprint density at radius 3 is 2.67 bits per heavy atom. The molecule has 0 saturated carbocycles. The van der Waals surface area contributed by atoms with Gasteiger partial charge in [-0.25, -0.2) is 0 Å². The van der Waals surface area contributed by atoms with Crippen LogP contribution in [0.25, 0.3) is 11.1 Å². The van der Waals surface area contributed by atoms with Crippen LogP contribution in [0, 0.1) is 0 Å². The van der Waals surface area contributed by atoms with E-state index in [2.05, 4.69) is 19.6 Å². The van der Waals surface area contributed by atoms with Gasteiger partial charge >= 0.3 is 0 Å². The van der Waals surface area contributed by atoms with Crippen LogP contribution >= 0.6 is 0 Å². The monoisotopic (exact) mass is 280 g/mol. The molecule has 0 aliphatic rings. The van der Waals surface area contributed by atoms with Gasteiger partial charge in [0.2, 0.25) is 0 Å². The van der Waals surface area contributed by atoms with Crippen LogP contribution in [0.15, 0.2) is 49.1 Å². The molecule has 0 aromatic heterocycles. The largest absolute Gasteiger partial charge is 0.508 e. The highest BCUT2D eigenvalue weighted by molar-refractivity contribution is 5.88. The van der Waals surface area contributed by atoms with Crippen LogP contribution in [0.2, 0.25) is 0 Å². The highest BCUT2D eigenvalue weighted by Gasteiger charge is 2.09. The van der Waals surface area contributed by atoms with Gasteiger partial charge in [-0.05, 0) is 47.2 Å². The molecule has 0 aliphatic carbocycles. The van der Waals surface area contributed by atoms with E-state index in [1.165, 1.54) is 5.56 Å². The zero-order valence-corrected chi connectivity index (χ0v) is 12.3. The lowest BCUT2D eigenvalue weighted by molar-refractivity contribution is 0.112. The zero-order chi connectivity index (χ0) is 15.2. The third kappa shape index (κ3) is 3.40. The van der Waals surface area contributed by atoms with Crippen molar-refractivity contribution < 1.29 is 9.90 Å². The van der Waals surface area contributed by atoms with Gasteiger partial charge in [-0.2, -0.15) is 0 Å². The molecule has 0 atom stereocenters. The van der Waals surface area contributed by atoms with Gasteiger partial charge in [-0.1, -0.05) is 43.7 Å². The van der Waals surface area contributed by atoms with Gasteiger partial charge in [0, 0.05) is 5.56 Å². The number of hydrogen-bond acceptors (Lipinski definition) is 2. The molecule has 2 aromatic carbocycles. The molecule has 0 bridgehead atoms. The molecule has 0 spiro atoms. The first-order valence-electron chi connectivity index (χ1n) is 7.20. The first kappa shape index (κ1) is 15.0. The second-order valence-corrected chi connectivity index (χ2v) is 5.13. The van der Waals surface area contributed by atoms with Crippen LogP contribution < -0.4 is 0 Å². The van der Waals surface area contributed by atoms with Crippen molar-refractivity contribution in [1.82, 2.24) is 0 Å². The summed E-state index contributed by atoms with van der Waals surface area (Å²) in [5.74, 6) is 0.260. The van der Waals surface area contributed by atoms with E-state index in [4.69, 9.17) is 0 Å². The van der Waals surface area contributed by atoms with E-state index in [1.807, 2.05) is 24.3 Å². The number of aryl methyl sites for hydroxylation is 1. The Morgan fingerprint density at radius 1 is 1.19 bits per heavy atom. The lowest BCUT2D eigenvalue weighted by Gasteiger charge is -2.10. The number of rotatable bonds is 6. The van der Waals surface area contributed by atoms with Crippen LogP contribution in [0.3, 0.4) is 0 Å². The van der Waals surface area contributed by atoms with Gasteiger partial charge < -0.3 is 5.11 Å². The van der Waals surface area contributed by atoms with Crippen LogP contribution in [0.1, 0.15) is 34.8 Å². The number of carbonyl (C=O) groups excluding carboxylic acids is 1. The molecule has 0 fully saturated rings. The highest BCUT2D eigenvalue weighted by atomic mass is 16.3. The number of phenolic OH excluding ortho intramolecular Hbond substituents is 1. The summed E-state index contributed by atoms with van der Waals surface area (Å²) in [6.45, 7) is 5.84. The Morgan fingerprint density at radius 2 is 2.00 bits per heavy atom. The van der Waals surface area contributed by atoms with Crippen molar-refractivity contribution in [3.63, 3.8) is 0 Å². The van der Waals surface area contributed by atoms with E-state index in [0.29, 0.717) is 12.0 Å². The van der Waals surface area contributed by atoms with E-state index in [-0.39, 0.29) is 5.75 Å². The second kappa shape index (κ2) is 6.89. The smallest absolute Gasteiger partial charge is 0.150 e. The molecule has 2 aromatic rings. The standard InChI is InChI=1S/C19H20O2/c1-3-5-14-7-8-17(13-20)18(11-14)15-9-10-19(21)16(12-15)6-4-2/h4,7-13,21H,2-3,5-6H2,1H3. The van der Waals surface area contributed by atoms with E-state index in [0.717, 1.165) is 35.8 Å². The molecule has 0 radical (unpaired) electrons. The van der Waals surface area contributed by atoms with Gasteiger partial charge in [-0.3, -0.25) is 4.79 Å². The maximum Gasteiger partial charge on any atom is 0.150 e. The van der Waals surface area contributed by atoms with Crippen molar-refractivity contribution in [3.05, 3.63) is 65.7 Å². The SMILES string of the molecule is C=CCc1cc(-c2cc(CCC)ccc2C=O)ccc1O. The Labute approximate surface area is 125 Å². The summed E-state index contributed by atoms with van der Waals surface area (Å²) in [6.07, 6.45) is 5.30. The summed E-state index contributed by atoms with van der Waals surface area (Å²) in [6, 6.07) is 11.4. The Hall–Kier alpha value is -2.35. The maximum absolute atomic E-state index is 11.3. The topological polar surface area (TPSA) is 37.3 Å². The molecule has 108 valence electrons. The van der Waals surface area contributed by atoms with Crippen LogP contribution in [0.4, 0.5) is 0 Å². The van der Waals surface area contributed by atoms with Crippen LogP contribution in [0.5, 0.6) is 5.75 Å². The minimum absolute atomic E-state index is 0.260. The predicted octanol–water partition coefficient (Wildman–Crippen LogP) is 4.55. The van der Waals surface area contributed by atoms with Crippen molar-refractivity contribution in [1.29, 1.82) is 0 Å². The fourth-order valence-corrected chi connectivity index (χ4v) is 2.47. The third-order valence-electron chi connectivity index (χ3n) is 3.54. The molecular formula is C19H20O2. The summed E-state index contributed by atoms with van der Waals surface area (Å²) in [4.78, 5) is 11.3. The van der Waals surface area contributed by atoms with Crippen molar-refractivity contribution in [2.75, 3.05) is 0 Å². The van der Waals surface area contributed by atoms with Gasteiger partial charge in [0.15, 0.2) is 6.29 Å². The van der Waals surface area contributed by atoms with Crippen molar-refractivity contribution >= 4 is 6.29 Å². The molecule has 0 heterocycles. The van der Waals surface area contributed by atoms with Gasteiger partial charge in [0.1, 0.15) is 5.75 Å². The Bertz CT molecular complexity index is 657. The fourth-order valence-electron chi connectivity index (χ4n) is 2.47. The molecule has 2 heteroatoms. The Kier molecular flexibility index (Phi) is 4.94. The number of phenols is 1. The Balaban J connectivity index is 2.53. The van der Waals surface area contributed by atoms with Crippen molar-refractivity contribution in [2.45, 2.75) is 26.2 Å². The number of carbonyl (C=O) groups is 1. The predicted molar refractivity (Wildman–Crippen MR) is 86.8 cm³/mol. The van der Waals surface area contributed by atoms with E-state index in [1.54, 1.807) is 12.1 Å². The first-order valence-corrected chi connectivity index (χ1v) is 7.20. The zero-order valence-electron chi connectivity index (χ0n) is 12.3. The minimum Gasteiger partial charge on any atom is -0.508 e. The molecular weight excluding hydrogens is 260 g/mol. The first-order chi connectivity index (χ1) is 10.2. The summed E-state index contributed by atoms with van der Waals surface area (Å²) >= 11 is 0. The lowest BCUT2D eigenvalue weighted by atomic mass is 9.94. The fraction of sp³-hybridized carbons (Fsp3) is 0.211. The third-order valence-corrected chi connectivity index (χ3v) is 3.54. The normalized spacial score (nSPS) is 10.3. The van der Waals surface area contributed by atoms with E-state index < -0.39 is 0 Å². The number of hydrogen-bond donors (Lipinski definition) is 1.